The van der Waals surface area contributed by atoms with Crippen LogP contribution in [0.3, 0.4) is 0 Å². The Morgan fingerprint density at radius 1 is 1.35 bits per heavy atom. The third kappa shape index (κ3) is 5.06. The first-order valence-electron chi connectivity index (χ1n) is 7.56. The lowest BCUT2D eigenvalue weighted by atomic mass is 9.88. The predicted molar refractivity (Wildman–Crippen MR) is 81.5 cm³/mol. The Labute approximate surface area is 122 Å². The van der Waals surface area contributed by atoms with E-state index >= 15 is 0 Å². The lowest BCUT2D eigenvalue weighted by Crippen LogP contribution is -2.15. The summed E-state index contributed by atoms with van der Waals surface area (Å²) in [6.45, 7) is 5.80. The Balaban J connectivity index is 2.87. The summed E-state index contributed by atoms with van der Waals surface area (Å²) in [5.74, 6) is -0.645. The third-order valence-corrected chi connectivity index (χ3v) is 6.94. The molecule has 0 aromatic heterocycles. The van der Waals surface area contributed by atoms with Crippen molar-refractivity contribution in [2.24, 2.45) is 5.92 Å². The van der Waals surface area contributed by atoms with Crippen molar-refractivity contribution >= 4 is 13.3 Å². The van der Waals surface area contributed by atoms with E-state index in [0.717, 1.165) is 25.7 Å². The molecular formula is C15H27O4P. The number of carboxylic acid groups (broad SMARTS) is 1. The van der Waals surface area contributed by atoms with Crippen molar-refractivity contribution in [1.29, 1.82) is 0 Å². The monoisotopic (exact) mass is 302 g/mol. The molecule has 0 heterocycles. The molecule has 4 nitrogen and oxygen atoms in total. The minimum absolute atomic E-state index is 0.0460. The Kier molecular flexibility index (Phi) is 6.97. The van der Waals surface area contributed by atoms with Gasteiger partial charge in [0.1, 0.15) is 0 Å². The molecule has 1 rings (SSSR count). The van der Waals surface area contributed by atoms with Gasteiger partial charge in [-0.3, -0.25) is 4.57 Å². The van der Waals surface area contributed by atoms with Gasteiger partial charge in [0.05, 0.1) is 12.8 Å². The van der Waals surface area contributed by atoms with Crippen molar-refractivity contribution in [3.8, 4) is 0 Å². The number of hydrogen-bond acceptors (Lipinski definition) is 3. The zero-order chi connectivity index (χ0) is 15.2. The highest BCUT2D eigenvalue weighted by Crippen LogP contribution is 2.53. The van der Waals surface area contributed by atoms with Crippen LogP contribution in [0.2, 0.25) is 0 Å². The summed E-state index contributed by atoms with van der Waals surface area (Å²) in [5, 5.41) is 9.37. The fourth-order valence-electron chi connectivity index (χ4n) is 2.61. The van der Waals surface area contributed by atoms with Gasteiger partial charge in [0.15, 0.2) is 0 Å². The van der Waals surface area contributed by atoms with Crippen LogP contribution in [0.5, 0.6) is 0 Å². The first kappa shape index (κ1) is 17.5. The second-order valence-electron chi connectivity index (χ2n) is 5.79. The van der Waals surface area contributed by atoms with E-state index in [9.17, 15) is 14.5 Å². The molecule has 5 heteroatoms. The van der Waals surface area contributed by atoms with Crippen LogP contribution in [0.25, 0.3) is 0 Å². The van der Waals surface area contributed by atoms with Crippen molar-refractivity contribution in [1.82, 2.24) is 0 Å². The van der Waals surface area contributed by atoms with Crippen LogP contribution in [0.4, 0.5) is 0 Å². The lowest BCUT2D eigenvalue weighted by molar-refractivity contribution is -0.132. The van der Waals surface area contributed by atoms with Gasteiger partial charge >= 0.3 is 5.97 Å². The summed E-state index contributed by atoms with van der Waals surface area (Å²) in [4.78, 5) is 11.4. The summed E-state index contributed by atoms with van der Waals surface area (Å²) in [6.07, 6.45) is 7.49. The normalized spacial score (nSPS) is 20.9. The van der Waals surface area contributed by atoms with Crippen LogP contribution >= 0.6 is 7.37 Å². The molecule has 0 bridgehead atoms. The standard InChI is InChI=1S/C15H27O4P/c1-4-19-20(18,12(2)3)11-14(15(16)17)10-13-8-6-5-7-9-13/h10,12-13H,4-9,11H2,1-3H3,(H,16,17)/b14-10-. The second-order valence-corrected chi connectivity index (χ2v) is 8.85. The minimum atomic E-state index is -2.92. The molecule has 116 valence electrons. The quantitative estimate of drug-likeness (QED) is 0.562. The van der Waals surface area contributed by atoms with E-state index in [4.69, 9.17) is 4.52 Å². The fourth-order valence-corrected chi connectivity index (χ4v) is 4.52. The van der Waals surface area contributed by atoms with Gasteiger partial charge in [-0.1, -0.05) is 39.2 Å². The Hall–Kier alpha value is -0.600. The van der Waals surface area contributed by atoms with Gasteiger partial charge < -0.3 is 9.63 Å². The summed E-state index contributed by atoms with van der Waals surface area (Å²) in [6, 6.07) is 0. The van der Waals surface area contributed by atoms with Gasteiger partial charge in [-0.2, -0.15) is 0 Å². The van der Waals surface area contributed by atoms with E-state index < -0.39 is 13.3 Å². The van der Waals surface area contributed by atoms with E-state index in [-0.39, 0.29) is 17.4 Å². The summed E-state index contributed by atoms with van der Waals surface area (Å²) in [5.41, 5.74) is 0.110. The smallest absolute Gasteiger partial charge is 0.331 e. The van der Waals surface area contributed by atoms with Crippen LogP contribution < -0.4 is 0 Å². The maximum atomic E-state index is 12.7. The maximum absolute atomic E-state index is 12.7. The summed E-state index contributed by atoms with van der Waals surface area (Å²) >= 11 is 0. The average molecular weight is 302 g/mol. The maximum Gasteiger partial charge on any atom is 0.331 e. The molecule has 1 unspecified atom stereocenters. The highest BCUT2D eigenvalue weighted by atomic mass is 31.2. The fraction of sp³-hybridized carbons (Fsp3) is 0.800. The Morgan fingerprint density at radius 3 is 2.40 bits per heavy atom. The van der Waals surface area contributed by atoms with Crippen LogP contribution in [-0.4, -0.2) is 29.5 Å². The molecule has 1 aliphatic carbocycles. The van der Waals surface area contributed by atoms with Crippen LogP contribution in [0.1, 0.15) is 52.9 Å². The number of carbonyl (C=O) groups is 1. The average Bonchev–Trinajstić information content (AvgIpc) is 2.39. The number of rotatable bonds is 7. The molecule has 0 radical (unpaired) electrons. The molecule has 1 fully saturated rings. The molecule has 0 spiro atoms. The van der Waals surface area contributed by atoms with E-state index in [2.05, 4.69) is 0 Å². The van der Waals surface area contributed by atoms with Crippen molar-refractivity contribution in [3.63, 3.8) is 0 Å². The zero-order valence-electron chi connectivity index (χ0n) is 12.8. The molecule has 0 saturated heterocycles. The van der Waals surface area contributed by atoms with Crippen molar-refractivity contribution < 1.29 is 19.0 Å². The molecule has 1 aliphatic rings. The van der Waals surface area contributed by atoms with E-state index in [1.54, 1.807) is 6.92 Å². The molecule has 0 aliphatic heterocycles. The highest BCUT2D eigenvalue weighted by molar-refractivity contribution is 7.60. The van der Waals surface area contributed by atoms with E-state index in [1.165, 1.54) is 6.42 Å². The number of aliphatic carboxylic acids is 1. The zero-order valence-corrected chi connectivity index (χ0v) is 13.7. The van der Waals surface area contributed by atoms with Crippen molar-refractivity contribution in [3.05, 3.63) is 11.6 Å². The molecule has 0 amide bonds. The van der Waals surface area contributed by atoms with Gasteiger partial charge in [-0.15, -0.1) is 0 Å². The molecule has 0 aromatic rings. The van der Waals surface area contributed by atoms with Gasteiger partial charge in [0, 0.05) is 11.2 Å². The Morgan fingerprint density at radius 2 is 1.95 bits per heavy atom. The Bertz CT molecular complexity index is 395. The topological polar surface area (TPSA) is 63.6 Å². The molecular weight excluding hydrogens is 275 g/mol. The number of allylic oxidation sites excluding steroid dienone is 1. The third-order valence-electron chi connectivity index (χ3n) is 3.89. The molecule has 1 atom stereocenters. The molecule has 1 N–H and O–H groups in total. The summed E-state index contributed by atoms with van der Waals surface area (Å²) in [7, 11) is -2.92. The predicted octanol–water partition coefficient (Wildman–Crippen LogP) is 4.30. The largest absolute Gasteiger partial charge is 0.478 e. The highest BCUT2D eigenvalue weighted by Gasteiger charge is 2.31. The van der Waals surface area contributed by atoms with Gasteiger partial charge in [0.25, 0.3) is 0 Å². The first-order chi connectivity index (χ1) is 9.39. The van der Waals surface area contributed by atoms with E-state index in [1.807, 2.05) is 19.9 Å². The van der Waals surface area contributed by atoms with Crippen LogP contribution in [0, 0.1) is 5.92 Å². The lowest BCUT2D eigenvalue weighted by Gasteiger charge is -2.23. The SMILES string of the molecule is CCOP(=O)(C/C(=C/C1CCCCC1)C(=O)O)C(C)C. The van der Waals surface area contributed by atoms with Gasteiger partial charge in [0.2, 0.25) is 7.37 Å². The first-order valence-corrected chi connectivity index (χ1v) is 9.44. The number of hydrogen-bond donors (Lipinski definition) is 1. The minimum Gasteiger partial charge on any atom is -0.478 e. The second kappa shape index (κ2) is 7.99. The van der Waals surface area contributed by atoms with Crippen LogP contribution in [-0.2, 0) is 13.9 Å². The summed E-state index contributed by atoms with van der Waals surface area (Å²) < 4.78 is 18.2. The molecule has 0 aromatic carbocycles. The van der Waals surface area contributed by atoms with Crippen molar-refractivity contribution in [2.45, 2.75) is 58.5 Å². The van der Waals surface area contributed by atoms with E-state index in [0.29, 0.717) is 12.5 Å². The van der Waals surface area contributed by atoms with Gasteiger partial charge in [-0.25, -0.2) is 4.79 Å². The van der Waals surface area contributed by atoms with Crippen LogP contribution in [0.15, 0.2) is 11.6 Å². The number of carboxylic acids is 1. The molecule has 1 saturated carbocycles. The van der Waals surface area contributed by atoms with Crippen molar-refractivity contribution in [2.75, 3.05) is 12.8 Å². The molecule has 20 heavy (non-hydrogen) atoms. The van der Waals surface area contributed by atoms with Gasteiger partial charge in [-0.05, 0) is 25.7 Å².